The maximum atomic E-state index is 11.3. The summed E-state index contributed by atoms with van der Waals surface area (Å²) in [7, 11) is 1.28. The monoisotopic (exact) mass is 190 g/mol. The molecule has 1 N–H and O–H groups in total. The summed E-state index contributed by atoms with van der Waals surface area (Å²) in [5.41, 5.74) is -0.434. The third-order valence-electron chi connectivity index (χ3n) is 1.79. The van der Waals surface area contributed by atoms with Crippen LogP contribution in [0.1, 0.15) is 0 Å². The largest absolute Gasteiger partial charge is 0.503 e. The summed E-state index contributed by atoms with van der Waals surface area (Å²) < 4.78 is 4.71. The molecule has 14 heavy (non-hydrogen) atoms. The number of Topliss-reactive ketones (excluding diaryl/α,β-unsaturated/α-hetero) is 1. The van der Waals surface area contributed by atoms with Crippen LogP contribution >= 0.6 is 0 Å². The topological polar surface area (TPSA) is 94.1 Å². The number of ketones is 1. The fourth-order valence-electron chi connectivity index (χ4n) is 1.07. The van der Waals surface area contributed by atoms with Crippen molar-refractivity contribution in [2.45, 2.75) is 0 Å². The van der Waals surface area contributed by atoms with E-state index in [1.165, 1.54) is 13.2 Å². The first-order valence-electron chi connectivity index (χ1n) is 3.69. The number of allylic oxidation sites excluding steroid dienone is 2. The van der Waals surface area contributed by atoms with Gasteiger partial charge in [-0.1, -0.05) is 0 Å². The molecule has 1 unspecified atom stereocenters. The first kappa shape index (κ1) is 9.82. The Bertz CT molecular complexity index is 420. The molecule has 1 aliphatic carbocycles. The van der Waals surface area contributed by atoms with E-state index in [0.717, 1.165) is 0 Å². The van der Waals surface area contributed by atoms with E-state index in [0.29, 0.717) is 0 Å². The Morgan fingerprint density at radius 3 is 2.64 bits per heavy atom. The Kier molecular flexibility index (Phi) is 2.54. The molecule has 0 aromatic carbocycles. The Labute approximate surface area is 80.1 Å². The maximum absolute atomic E-state index is 11.3. The molecule has 0 aromatic rings. The van der Waals surface area contributed by atoms with E-state index in [2.05, 4.69) is 0 Å². The highest BCUT2D eigenvalue weighted by atomic mass is 16.5. The molecule has 0 saturated heterocycles. The number of carbonyl (C=O) groups is 1. The Morgan fingerprint density at radius 1 is 1.57 bits per heavy atom. The van der Waals surface area contributed by atoms with Crippen molar-refractivity contribution in [2.75, 3.05) is 7.11 Å². The molecule has 0 heterocycles. The van der Waals surface area contributed by atoms with Crippen LogP contribution in [0.5, 0.6) is 0 Å². The summed E-state index contributed by atoms with van der Waals surface area (Å²) >= 11 is 0. The lowest BCUT2D eigenvalue weighted by atomic mass is 9.92. The van der Waals surface area contributed by atoms with E-state index in [1.54, 1.807) is 12.1 Å². The van der Waals surface area contributed by atoms with Gasteiger partial charge in [0.2, 0.25) is 0 Å². The molecular weight excluding hydrogens is 184 g/mol. The van der Waals surface area contributed by atoms with Crippen molar-refractivity contribution in [3.63, 3.8) is 0 Å². The van der Waals surface area contributed by atoms with Crippen molar-refractivity contribution >= 4 is 5.78 Å². The van der Waals surface area contributed by atoms with Gasteiger partial charge in [-0.25, -0.2) is 0 Å². The van der Waals surface area contributed by atoms with E-state index >= 15 is 0 Å². The molecule has 70 valence electrons. The van der Waals surface area contributed by atoms with Gasteiger partial charge in [0.15, 0.2) is 17.3 Å². The quantitative estimate of drug-likeness (QED) is 0.652. The van der Waals surface area contributed by atoms with Gasteiger partial charge in [0.1, 0.15) is 17.6 Å². The zero-order chi connectivity index (χ0) is 10.7. The molecule has 0 aromatic heterocycles. The van der Waals surface area contributed by atoms with Crippen LogP contribution in [0.25, 0.3) is 0 Å². The summed E-state index contributed by atoms with van der Waals surface area (Å²) in [6.07, 6.45) is 1.18. The highest BCUT2D eigenvalue weighted by Gasteiger charge is 2.30. The average Bonchev–Trinajstić information content (AvgIpc) is 2.19. The highest BCUT2D eigenvalue weighted by molar-refractivity contribution is 6.05. The smallest absolute Gasteiger partial charge is 0.198 e. The van der Waals surface area contributed by atoms with Crippen LogP contribution < -0.4 is 0 Å². The van der Waals surface area contributed by atoms with E-state index in [4.69, 9.17) is 15.3 Å². The lowest BCUT2D eigenvalue weighted by molar-refractivity contribution is -0.116. The normalized spacial score (nSPS) is 20.9. The number of aliphatic hydroxyl groups excluding tert-OH is 1. The van der Waals surface area contributed by atoms with E-state index in [9.17, 15) is 9.90 Å². The molecule has 1 atom stereocenters. The molecule has 0 spiro atoms. The van der Waals surface area contributed by atoms with Crippen molar-refractivity contribution in [1.82, 2.24) is 0 Å². The first-order valence-corrected chi connectivity index (χ1v) is 3.69. The van der Waals surface area contributed by atoms with Crippen molar-refractivity contribution < 1.29 is 14.6 Å². The standard InChI is InChI=1S/C9H6N2O3/c1-14-7-2-5(3-10)8(12)6(4-11)9(7)13/h2,5,13H,1H3. The molecule has 5 heteroatoms. The summed E-state index contributed by atoms with van der Waals surface area (Å²) in [5.74, 6) is -2.29. The number of nitriles is 2. The number of aliphatic hydroxyl groups is 1. The first-order chi connectivity index (χ1) is 6.65. The Morgan fingerprint density at radius 2 is 2.21 bits per heavy atom. The Balaban J connectivity index is 3.28. The van der Waals surface area contributed by atoms with Gasteiger partial charge in [-0.2, -0.15) is 10.5 Å². The van der Waals surface area contributed by atoms with Gasteiger partial charge in [0, 0.05) is 0 Å². The number of carbonyl (C=O) groups excluding carboxylic acids is 1. The minimum atomic E-state index is -1.06. The molecule has 0 saturated carbocycles. The number of hydrogen-bond donors (Lipinski definition) is 1. The second-order valence-electron chi connectivity index (χ2n) is 2.54. The van der Waals surface area contributed by atoms with Gasteiger partial charge in [-0.05, 0) is 6.08 Å². The maximum Gasteiger partial charge on any atom is 0.198 e. The fourth-order valence-corrected chi connectivity index (χ4v) is 1.07. The highest BCUT2D eigenvalue weighted by Crippen LogP contribution is 2.24. The van der Waals surface area contributed by atoms with Gasteiger partial charge in [-0.15, -0.1) is 0 Å². The van der Waals surface area contributed by atoms with E-state index in [-0.39, 0.29) is 5.76 Å². The zero-order valence-corrected chi connectivity index (χ0v) is 7.31. The van der Waals surface area contributed by atoms with Crippen molar-refractivity contribution in [3.8, 4) is 12.1 Å². The SMILES string of the molecule is COC1=CC(C#N)C(=O)C(C#N)=C1O. The Hall–Kier alpha value is -2.27. The third-order valence-corrected chi connectivity index (χ3v) is 1.79. The van der Waals surface area contributed by atoms with Gasteiger partial charge < -0.3 is 9.84 Å². The van der Waals surface area contributed by atoms with Gasteiger partial charge in [0.05, 0.1) is 13.2 Å². The van der Waals surface area contributed by atoms with E-state index < -0.39 is 23.0 Å². The predicted octanol–water partition coefficient (Wildman–Crippen LogP) is 0.575. The zero-order valence-electron chi connectivity index (χ0n) is 7.31. The molecule has 5 nitrogen and oxygen atoms in total. The number of methoxy groups -OCH3 is 1. The molecule has 0 amide bonds. The molecule has 0 fully saturated rings. The number of rotatable bonds is 1. The molecule has 0 aliphatic heterocycles. The summed E-state index contributed by atoms with van der Waals surface area (Å²) in [4.78, 5) is 11.3. The van der Waals surface area contributed by atoms with Gasteiger partial charge >= 0.3 is 0 Å². The predicted molar refractivity (Wildman–Crippen MR) is 44.5 cm³/mol. The van der Waals surface area contributed by atoms with Crippen molar-refractivity contribution in [3.05, 3.63) is 23.2 Å². The van der Waals surface area contributed by atoms with Crippen LogP contribution in [0.2, 0.25) is 0 Å². The second-order valence-corrected chi connectivity index (χ2v) is 2.54. The van der Waals surface area contributed by atoms with Crippen molar-refractivity contribution in [2.24, 2.45) is 5.92 Å². The number of ether oxygens (including phenoxy) is 1. The fraction of sp³-hybridized carbons (Fsp3) is 0.222. The lowest BCUT2D eigenvalue weighted by Gasteiger charge is -2.14. The summed E-state index contributed by atoms with van der Waals surface area (Å²) in [6.45, 7) is 0. The molecule has 1 aliphatic rings. The molecule has 1 rings (SSSR count). The molecular formula is C9H6N2O3. The van der Waals surface area contributed by atoms with E-state index in [1.807, 2.05) is 0 Å². The second kappa shape index (κ2) is 3.63. The van der Waals surface area contributed by atoms with Crippen LogP contribution in [0.4, 0.5) is 0 Å². The van der Waals surface area contributed by atoms with Gasteiger partial charge in [-0.3, -0.25) is 4.79 Å². The molecule has 0 bridgehead atoms. The van der Waals surface area contributed by atoms with Crippen molar-refractivity contribution in [1.29, 1.82) is 10.5 Å². The number of nitrogens with zero attached hydrogens (tertiary/aromatic N) is 2. The number of hydrogen-bond acceptors (Lipinski definition) is 5. The third kappa shape index (κ3) is 1.32. The van der Waals surface area contributed by atoms with Crippen LogP contribution in [-0.4, -0.2) is 18.0 Å². The van der Waals surface area contributed by atoms with Crippen LogP contribution in [0.15, 0.2) is 23.2 Å². The minimum absolute atomic E-state index is 0.0206. The van der Waals surface area contributed by atoms with Gasteiger partial charge in [0.25, 0.3) is 0 Å². The summed E-state index contributed by atoms with van der Waals surface area (Å²) in [5, 5.41) is 26.5. The summed E-state index contributed by atoms with van der Waals surface area (Å²) in [6, 6.07) is 3.24. The minimum Gasteiger partial charge on any atom is -0.503 e. The lowest BCUT2D eigenvalue weighted by Crippen LogP contribution is -2.20. The van der Waals surface area contributed by atoms with Crippen LogP contribution in [0.3, 0.4) is 0 Å². The van der Waals surface area contributed by atoms with Crippen LogP contribution in [0, 0.1) is 28.6 Å². The average molecular weight is 190 g/mol. The van der Waals surface area contributed by atoms with Crippen LogP contribution in [-0.2, 0) is 9.53 Å². The molecule has 0 radical (unpaired) electrons.